The molecule has 0 radical (unpaired) electrons. The zero-order valence-electron chi connectivity index (χ0n) is 14.3. The smallest absolute Gasteiger partial charge is 0.133 e. The lowest BCUT2D eigenvalue weighted by Crippen LogP contribution is -2.36. The molecule has 120 valence electrons. The summed E-state index contributed by atoms with van der Waals surface area (Å²) in [5.74, 6) is 1.33. The molecule has 1 nitrogen and oxygen atoms in total. The van der Waals surface area contributed by atoms with Crippen molar-refractivity contribution in [2.75, 3.05) is 0 Å². The third kappa shape index (κ3) is 2.75. The van der Waals surface area contributed by atoms with Gasteiger partial charge in [-0.25, -0.2) is 0 Å². The van der Waals surface area contributed by atoms with Gasteiger partial charge in [0.05, 0.1) is 0 Å². The van der Waals surface area contributed by atoms with Crippen LogP contribution in [0.1, 0.15) is 71.6 Å². The third-order valence-electron chi connectivity index (χ3n) is 6.58. The molecule has 3 rings (SSSR count). The summed E-state index contributed by atoms with van der Waals surface area (Å²) in [6, 6.07) is 0. The van der Waals surface area contributed by atoms with Crippen LogP contribution in [0.3, 0.4) is 0 Å². The van der Waals surface area contributed by atoms with Crippen LogP contribution in [0.2, 0.25) is 0 Å². The Bertz CT molecular complexity index is 536. The van der Waals surface area contributed by atoms with Gasteiger partial charge in [0.2, 0.25) is 0 Å². The van der Waals surface area contributed by atoms with Crippen molar-refractivity contribution in [3.05, 3.63) is 35.5 Å². The predicted octanol–water partition coefficient (Wildman–Crippen LogP) is 5.77. The Morgan fingerprint density at radius 1 is 1.14 bits per heavy atom. The molecule has 3 fully saturated rings. The van der Waals surface area contributed by atoms with E-state index in [9.17, 15) is 4.79 Å². The highest BCUT2D eigenvalue weighted by atomic mass is 16.1. The lowest BCUT2D eigenvalue weighted by molar-refractivity contribution is -0.124. The maximum atomic E-state index is 12.0. The highest BCUT2D eigenvalue weighted by Gasteiger charge is 2.50. The Kier molecular flexibility index (Phi) is 4.43. The molecule has 0 amide bonds. The largest absolute Gasteiger partial charge is 0.300 e. The van der Waals surface area contributed by atoms with Gasteiger partial charge in [0.1, 0.15) is 5.78 Å². The molecule has 1 heteroatoms. The quantitative estimate of drug-likeness (QED) is 0.632. The van der Waals surface area contributed by atoms with E-state index in [0.29, 0.717) is 17.6 Å². The van der Waals surface area contributed by atoms with E-state index in [4.69, 9.17) is 0 Å². The van der Waals surface area contributed by atoms with E-state index in [1.165, 1.54) is 62.5 Å². The van der Waals surface area contributed by atoms with Crippen molar-refractivity contribution in [2.24, 2.45) is 17.3 Å². The average Bonchev–Trinajstić information content (AvgIpc) is 2.84. The van der Waals surface area contributed by atoms with Crippen LogP contribution < -0.4 is 0 Å². The summed E-state index contributed by atoms with van der Waals surface area (Å²) in [6.45, 7) is 8.40. The first-order valence-corrected chi connectivity index (χ1v) is 9.10. The van der Waals surface area contributed by atoms with Crippen molar-refractivity contribution < 1.29 is 4.79 Å². The molecule has 3 aliphatic rings. The van der Waals surface area contributed by atoms with E-state index < -0.39 is 0 Å². The van der Waals surface area contributed by atoms with Crippen molar-refractivity contribution in [2.45, 2.75) is 71.6 Å². The molecule has 3 aliphatic carbocycles. The van der Waals surface area contributed by atoms with Crippen LogP contribution in [0.4, 0.5) is 0 Å². The number of carbonyl (C=O) groups is 1. The van der Waals surface area contributed by atoms with Crippen molar-refractivity contribution in [1.82, 2.24) is 0 Å². The van der Waals surface area contributed by atoms with E-state index in [1.54, 1.807) is 12.5 Å². The lowest BCUT2D eigenvalue weighted by Gasteiger charge is -2.41. The van der Waals surface area contributed by atoms with Crippen LogP contribution in [0.25, 0.3) is 0 Å². The molecule has 0 aromatic rings. The number of hydrogen-bond acceptors (Lipinski definition) is 1. The second-order valence-electron chi connectivity index (χ2n) is 7.90. The fraction of sp³-hybridized carbons (Fsp3) is 0.667. The highest BCUT2D eigenvalue weighted by molar-refractivity contribution is 5.79. The summed E-state index contributed by atoms with van der Waals surface area (Å²) in [7, 11) is 0. The number of ketones is 1. The molecule has 0 spiro atoms. The van der Waals surface area contributed by atoms with Crippen LogP contribution in [-0.4, -0.2) is 5.78 Å². The molecule has 0 aromatic heterocycles. The summed E-state index contributed by atoms with van der Waals surface area (Å²) in [6.07, 6.45) is 15.7. The normalized spacial score (nSPS) is 39.3. The first-order valence-electron chi connectivity index (χ1n) is 9.10. The molecule has 3 atom stereocenters. The van der Waals surface area contributed by atoms with Gasteiger partial charge in [-0.3, -0.25) is 4.79 Å². The number of Topliss-reactive ketones (excluding diaryl/α,β-unsaturated/α-hetero) is 1. The van der Waals surface area contributed by atoms with E-state index in [0.717, 1.165) is 6.42 Å². The van der Waals surface area contributed by atoms with E-state index >= 15 is 0 Å². The first-order chi connectivity index (χ1) is 10.5. The summed E-state index contributed by atoms with van der Waals surface area (Å²) < 4.78 is 0. The molecule has 22 heavy (non-hydrogen) atoms. The minimum absolute atomic E-state index is 0.220. The molecule has 0 aliphatic heterocycles. The number of hydrogen-bond donors (Lipinski definition) is 0. The number of fused-ring (bicyclic) bond motifs is 1. The van der Waals surface area contributed by atoms with Gasteiger partial charge in [0.15, 0.2) is 0 Å². The molecule has 0 bridgehead atoms. The molecular weight excluding hydrogens is 268 g/mol. The third-order valence-corrected chi connectivity index (χ3v) is 6.58. The highest BCUT2D eigenvalue weighted by Crippen LogP contribution is 2.57. The van der Waals surface area contributed by atoms with E-state index in [1.807, 2.05) is 0 Å². The Labute approximate surface area is 135 Å². The summed E-state index contributed by atoms with van der Waals surface area (Å²) >= 11 is 0. The van der Waals surface area contributed by atoms with Gasteiger partial charge in [-0.1, -0.05) is 36.8 Å². The first kappa shape index (κ1) is 15.8. The standard InChI is InChI=1S/C21H30O/c1-15-7-4-5-8-17(15)10-11-18-9-6-14-21(3)19(16(2)22)12-13-20(18)21/h10-11,19-20H,1,4-9,12-14H2,2-3H3/b17-10-,18-11+. The van der Waals surface area contributed by atoms with Gasteiger partial charge in [0, 0.05) is 5.92 Å². The van der Waals surface area contributed by atoms with Gasteiger partial charge in [-0.15, -0.1) is 0 Å². The molecule has 3 unspecified atom stereocenters. The van der Waals surface area contributed by atoms with Gasteiger partial charge >= 0.3 is 0 Å². The van der Waals surface area contributed by atoms with Crippen molar-refractivity contribution in [3.63, 3.8) is 0 Å². The number of carbonyl (C=O) groups excluding carboxylic acids is 1. The van der Waals surface area contributed by atoms with Gasteiger partial charge in [-0.2, -0.15) is 0 Å². The average molecular weight is 298 g/mol. The maximum absolute atomic E-state index is 12.0. The fourth-order valence-electron chi connectivity index (χ4n) is 5.31. The fourth-order valence-corrected chi connectivity index (χ4v) is 5.31. The molecule has 0 aromatic carbocycles. The second-order valence-corrected chi connectivity index (χ2v) is 7.90. The van der Waals surface area contributed by atoms with E-state index in [-0.39, 0.29) is 5.41 Å². The Morgan fingerprint density at radius 2 is 1.91 bits per heavy atom. The minimum atomic E-state index is 0.220. The van der Waals surface area contributed by atoms with E-state index in [2.05, 4.69) is 25.7 Å². The monoisotopic (exact) mass is 298 g/mol. The topological polar surface area (TPSA) is 17.1 Å². The van der Waals surface area contributed by atoms with Crippen LogP contribution in [-0.2, 0) is 4.79 Å². The van der Waals surface area contributed by atoms with Crippen molar-refractivity contribution in [1.29, 1.82) is 0 Å². The number of rotatable bonds is 2. The molecular formula is C21H30O. The number of allylic oxidation sites excluding steroid dienone is 5. The van der Waals surface area contributed by atoms with Crippen LogP contribution in [0.15, 0.2) is 35.5 Å². The lowest BCUT2D eigenvalue weighted by atomic mass is 9.63. The minimum Gasteiger partial charge on any atom is -0.300 e. The summed E-state index contributed by atoms with van der Waals surface area (Å²) in [5, 5.41) is 0. The van der Waals surface area contributed by atoms with Gasteiger partial charge in [0.25, 0.3) is 0 Å². The molecule has 0 N–H and O–H groups in total. The van der Waals surface area contributed by atoms with Crippen LogP contribution in [0, 0.1) is 17.3 Å². The zero-order valence-corrected chi connectivity index (χ0v) is 14.3. The zero-order chi connectivity index (χ0) is 15.7. The van der Waals surface area contributed by atoms with Gasteiger partial charge in [-0.05, 0) is 81.6 Å². The predicted molar refractivity (Wildman–Crippen MR) is 92.6 cm³/mol. The van der Waals surface area contributed by atoms with Gasteiger partial charge < -0.3 is 0 Å². The Hall–Kier alpha value is -1.11. The Balaban J connectivity index is 1.83. The van der Waals surface area contributed by atoms with Crippen LogP contribution in [0.5, 0.6) is 0 Å². The van der Waals surface area contributed by atoms with Crippen molar-refractivity contribution >= 4 is 5.78 Å². The molecule has 0 heterocycles. The second kappa shape index (κ2) is 6.18. The summed E-state index contributed by atoms with van der Waals surface area (Å²) in [5.41, 5.74) is 4.63. The summed E-state index contributed by atoms with van der Waals surface area (Å²) in [4.78, 5) is 12.0. The maximum Gasteiger partial charge on any atom is 0.133 e. The van der Waals surface area contributed by atoms with Crippen molar-refractivity contribution in [3.8, 4) is 0 Å². The molecule has 3 saturated carbocycles. The molecule has 0 saturated heterocycles. The SMILES string of the molecule is C=C1CCCC/C1=C/C=C1\CCCC2(C)C(C(C)=O)CCC12. The van der Waals surface area contributed by atoms with Crippen LogP contribution >= 0.6 is 0 Å². The Morgan fingerprint density at radius 3 is 2.64 bits per heavy atom.